The van der Waals surface area contributed by atoms with Crippen LogP contribution in [0.15, 0.2) is 42.5 Å². The normalized spacial score (nSPS) is 20.9. The maximum absolute atomic E-state index is 13.0. The molecular formula is C19H21ClN2O2. The van der Waals surface area contributed by atoms with Crippen LogP contribution in [0.25, 0.3) is 0 Å². The van der Waals surface area contributed by atoms with E-state index >= 15 is 0 Å². The van der Waals surface area contributed by atoms with Gasteiger partial charge < -0.3 is 15.4 Å². The number of nitrogen functional groups attached to an aromatic ring is 1. The SMILES string of the molecule is Cc1ccc(N)cc1C(=O)N1CC(c2ccccc2Cl)OCC1C. The topological polar surface area (TPSA) is 55.6 Å². The maximum Gasteiger partial charge on any atom is 0.254 e. The van der Waals surface area contributed by atoms with Gasteiger partial charge in [-0.3, -0.25) is 4.79 Å². The fourth-order valence-corrected chi connectivity index (χ4v) is 3.25. The summed E-state index contributed by atoms with van der Waals surface area (Å²) in [5.74, 6) is -0.0207. The van der Waals surface area contributed by atoms with Crippen LogP contribution in [0.3, 0.4) is 0 Å². The van der Waals surface area contributed by atoms with Crippen molar-refractivity contribution in [3.05, 3.63) is 64.2 Å². The fraction of sp³-hybridized carbons (Fsp3) is 0.316. The first-order valence-electron chi connectivity index (χ1n) is 8.00. The lowest BCUT2D eigenvalue weighted by molar-refractivity contribution is -0.0486. The Morgan fingerprint density at radius 1 is 1.29 bits per heavy atom. The van der Waals surface area contributed by atoms with Gasteiger partial charge in [0.25, 0.3) is 5.91 Å². The van der Waals surface area contributed by atoms with Crippen molar-refractivity contribution in [1.82, 2.24) is 4.90 Å². The third-order valence-corrected chi connectivity index (χ3v) is 4.78. The van der Waals surface area contributed by atoms with Gasteiger partial charge in [-0.05, 0) is 37.6 Å². The van der Waals surface area contributed by atoms with Crippen LogP contribution in [-0.4, -0.2) is 30.0 Å². The van der Waals surface area contributed by atoms with Crippen molar-refractivity contribution in [2.24, 2.45) is 0 Å². The summed E-state index contributed by atoms with van der Waals surface area (Å²) >= 11 is 6.28. The number of ether oxygens (including phenoxy) is 1. The van der Waals surface area contributed by atoms with E-state index in [9.17, 15) is 4.79 Å². The lowest BCUT2D eigenvalue weighted by atomic mass is 10.0. The Morgan fingerprint density at radius 2 is 2.04 bits per heavy atom. The molecule has 2 N–H and O–H groups in total. The Kier molecular flexibility index (Phi) is 4.78. The Labute approximate surface area is 147 Å². The van der Waals surface area contributed by atoms with Crippen molar-refractivity contribution in [2.45, 2.75) is 26.0 Å². The number of halogens is 1. The number of anilines is 1. The highest BCUT2D eigenvalue weighted by atomic mass is 35.5. The van der Waals surface area contributed by atoms with E-state index in [4.69, 9.17) is 22.1 Å². The molecule has 4 nitrogen and oxygen atoms in total. The van der Waals surface area contributed by atoms with E-state index in [-0.39, 0.29) is 18.1 Å². The lowest BCUT2D eigenvalue weighted by Gasteiger charge is -2.38. The van der Waals surface area contributed by atoms with Crippen LogP contribution in [0.1, 0.15) is 34.5 Å². The Morgan fingerprint density at radius 3 is 2.79 bits per heavy atom. The summed E-state index contributed by atoms with van der Waals surface area (Å²) < 4.78 is 5.92. The average Bonchev–Trinajstić information content (AvgIpc) is 2.57. The van der Waals surface area contributed by atoms with E-state index in [0.717, 1.165) is 11.1 Å². The molecule has 0 bridgehead atoms. The van der Waals surface area contributed by atoms with Crippen LogP contribution in [0.5, 0.6) is 0 Å². The molecule has 24 heavy (non-hydrogen) atoms. The molecule has 5 heteroatoms. The number of carbonyl (C=O) groups is 1. The van der Waals surface area contributed by atoms with Crippen molar-refractivity contribution < 1.29 is 9.53 Å². The summed E-state index contributed by atoms with van der Waals surface area (Å²) in [6.07, 6.45) is -0.222. The zero-order chi connectivity index (χ0) is 17.3. The van der Waals surface area contributed by atoms with E-state index in [1.165, 1.54) is 0 Å². The molecule has 1 saturated heterocycles. The van der Waals surface area contributed by atoms with Gasteiger partial charge in [0.2, 0.25) is 0 Å². The molecule has 1 fully saturated rings. The zero-order valence-electron chi connectivity index (χ0n) is 13.8. The second-order valence-electron chi connectivity index (χ2n) is 6.22. The molecule has 1 heterocycles. The molecule has 0 radical (unpaired) electrons. The largest absolute Gasteiger partial charge is 0.399 e. The van der Waals surface area contributed by atoms with Gasteiger partial charge in [0.15, 0.2) is 0 Å². The third-order valence-electron chi connectivity index (χ3n) is 4.44. The predicted molar refractivity (Wildman–Crippen MR) is 96.2 cm³/mol. The minimum Gasteiger partial charge on any atom is -0.399 e. The van der Waals surface area contributed by atoms with Crippen LogP contribution in [-0.2, 0) is 4.74 Å². The highest BCUT2D eigenvalue weighted by molar-refractivity contribution is 6.31. The molecule has 0 aromatic heterocycles. The second kappa shape index (κ2) is 6.83. The quantitative estimate of drug-likeness (QED) is 0.842. The molecule has 0 saturated carbocycles. The van der Waals surface area contributed by atoms with Crippen molar-refractivity contribution in [3.63, 3.8) is 0 Å². The minimum atomic E-state index is -0.222. The van der Waals surface area contributed by atoms with Gasteiger partial charge in [-0.2, -0.15) is 0 Å². The molecule has 1 aliphatic rings. The van der Waals surface area contributed by atoms with E-state index in [1.807, 2.05) is 49.1 Å². The number of amides is 1. The molecular weight excluding hydrogens is 324 g/mol. The fourth-order valence-electron chi connectivity index (χ4n) is 2.99. The molecule has 3 rings (SSSR count). The summed E-state index contributed by atoms with van der Waals surface area (Å²) in [6, 6.07) is 13.0. The summed E-state index contributed by atoms with van der Waals surface area (Å²) in [7, 11) is 0. The smallest absolute Gasteiger partial charge is 0.254 e. The number of morpholine rings is 1. The number of benzene rings is 2. The Hall–Kier alpha value is -2.04. The summed E-state index contributed by atoms with van der Waals surface area (Å²) in [6.45, 7) is 4.85. The molecule has 2 aromatic carbocycles. The number of hydrogen-bond donors (Lipinski definition) is 1. The standard InChI is InChI=1S/C19H21ClN2O2/c1-12-7-8-14(21)9-16(12)19(23)22-10-18(24-11-13(22)2)15-5-3-4-6-17(15)20/h3-9,13,18H,10-11,21H2,1-2H3. The first-order valence-corrected chi connectivity index (χ1v) is 8.38. The lowest BCUT2D eigenvalue weighted by Crippen LogP contribution is -2.48. The molecule has 1 amide bonds. The summed E-state index contributed by atoms with van der Waals surface area (Å²) in [5.41, 5.74) is 8.91. The number of rotatable bonds is 2. The third kappa shape index (κ3) is 3.25. The van der Waals surface area contributed by atoms with Gasteiger partial charge in [-0.25, -0.2) is 0 Å². The number of hydrogen-bond acceptors (Lipinski definition) is 3. The Bertz CT molecular complexity index is 763. The monoisotopic (exact) mass is 344 g/mol. The molecule has 2 unspecified atom stereocenters. The van der Waals surface area contributed by atoms with Gasteiger partial charge in [0.05, 0.1) is 19.2 Å². The Balaban J connectivity index is 1.88. The first-order chi connectivity index (χ1) is 11.5. The number of carbonyl (C=O) groups excluding carboxylic acids is 1. The van der Waals surface area contributed by atoms with Gasteiger partial charge in [-0.1, -0.05) is 35.9 Å². The molecule has 126 valence electrons. The molecule has 1 aliphatic heterocycles. The van der Waals surface area contributed by atoms with Gasteiger partial charge >= 0.3 is 0 Å². The van der Waals surface area contributed by atoms with Gasteiger partial charge in [0, 0.05) is 21.8 Å². The van der Waals surface area contributed by atoms with Crippen LogP contribution >= 0.6 is 11.6 Å². The number of nitrogens with two attached hydrogens (primary N) is 1. The van der Waals surface area contributed by atoms with Crippen LogP contribution in [0.2, 0.25) is 5.02 Å². The van der Waals surface area contributed by atoms with E-state index < -0.39 is 0 Å². The van der Waals surface area contributed by atoms with E-state index in [0.29, 0.717) is 29.4 Å². The number of nitrogens with zero attached hydrogens (tertiary/aromatic N) is 1. The average molecular weight is 345 g/mol. The van der Waals surface area contributed by atoms with Crippen molar-refractivity contribution in [1.29, 1.82) is 0 Å². The van der Waals surface area contributed by atoms with Crippen molar-refractivity contribution in [2.75, 3.05) is 18.9 Å². The van der Waals surface area contributed by atoms with Gasteiger partial charge in [-0.15, -0.1) is 0 Å². The molecule has 0 spiro atoms. The van der Waals surface area contributed by atoms with Crippen LogP contribution in [0, 0.1) is 6.92 Å². The highest BCUT2D eigenvalue weighted by Gasteiger charge is 2.32. The minimum absolute atomic E-state index is 0.00271. The van der Waals surface area contributed by atoms with Crippen LogP contribution < -0.4 is 5.73 Å². The maximum atomic E-state index is 13.0. The summed E-state index contributed by atoms with van der Waals surface area (Å²) in [5, 5.41) is 0.657. The molecule has 2 atom stereocenters. The van der Waals surface area contributed by atoms with Crippen molar-refractivity contribution in [3.8, 4) is 0 Å². The predicted octanol–water partition coefficient (Wildman–Crippen LogP) is 3.83. The highest BCUT2D eigenvalue weighted by Crippen LogP contribution is 2.31. The number of aryl methyl sites for hydroxylation is 1. The van der Waals surface area contributed by atoms with E-state index in [1.54, 1.807) is 12.1 Å². The molecule has 2 aromatic rings. The second-order valence-corrected chi connectivity index (χ2v) is 6.63. The van der Waals surface area contributed by atoms with Gasteiger partial charge in [0.1, 0.15) is 6.10 Å². The van der Waals surface area contributed by atoms with Crippen LogP contribution in [0.4, 0.5) is 5.69 Å². The summed E-state index contributed by atoms with van der Waals surface area (Å²) in [4.78, 5) is 14.9. The molecule has 0 aliphatic carbocycles. The first kappa shape index (κ1) is 16.8. The van der Waals surface area contributed by atoms with E-state index in [2.05, 4.69) is 0 Å². The zero-order valence-corrected chi connectivity index (χ0v) is 14.6. The van der Waals surface area contributed by atoms with Crippen molar-refractivity contribution >= 4 is 23.2 Å².